The van der Waals surface area contributed by atoms with Gasteiger partial charge in [-0.05, 0) is 91.4 Å². The van der Waals surface area contributed by atoms with Gasteiger partial charge in [-0.15, -0.1) is 0 Å². The second kappa shape index (κ2) is 43.6. The summed E-state index contributed by atoms with van der Waals surface area (Å²) in [6, 6.07) is 0. The van der Waals surface area contributed by atoms with Gasteiger partial charge in [0.25, 0.3) is 0 Å². The molecule has 0 aliphatic carbocycles. The fourth-order valence-corrected chi connectivity index (χ4v) is 7.09. The molecule has 0 rings (SSSR count). The monoisotopic (exact) mass is 817 g/mol. The first-order valence-corrected chi connectivity index (χ1v) is 24.6. The van der Waals surface area contributed by atoms with Crippen molar-refractivity contribution in [1.29, 1.82) is 0 Å². The van der Waals surface area contributed by atoms with Crippen molar-refractivity contribution in [2.45, 2.75) is 194 Å². The summed E-state index contributed by atoms with van der Waals surface area (Å²) in [6.45, 7) is 6.95. The molecule has 0 aromatic carbocycles. The summed E-state index contributed by atoms with van der Waals surface area (Å²) in [4.78, 5) is 3.87. The summed E-state index contributed by atoms with van der Waals surface area (Å²) in [7, 11) is -4.40. The summed E-state index contributed by atoms with van der Waals surface area (Å²) < 4.78 is 63.4. The van der Waals surface area contributed by atoms with E-state index in [1.165, 1.54) is 167 Å². The van der Waals surface area contributed by atoms with Gasteiger partial charge in [-0.25, -0.2) is 16.8 Å². The van der Waals surface area contributed by atoms with Crippen LogP contribution in [0.15, 0.2) is 24.3 Å². The van der Waals surface area contributed by atoms with Crippen LogP contribution in [0.1, 0.15) is 194 Å². The molecule has 11 heteroatoms. The Bertz CT molecular complexity index is 929. The Balaban J connectivity index is -0.000000926. The molecular formula is C42H84CaN2O6S2. The number of hydrogen-bond acceptors (Lipinski definition) is 8. The number of nitrogens with zero attached hydrogens (tertiary/aromatic N) is 2. The topological polar surface area (TPSA) is 121 Å². The second-order valence-electron chi connectivity index (χ2n) is 15.0. The van der Waals surface area contributed by atoms with E-state index in [1.807, 2.05) is 23.9 Å². The first kappa shape index (κ1) is 57.8. The molecule has 8 nitrogen and oxygen atoms in total. The summed E-state index contributed by atoms with van der Waals surface area (Å²) >= 11 is 0. The molecule has 0 aromatic heterocycles. The van der Waals surface area contributed by atoms with Crippen molar-refractivity contribution in [2.75, 3.05) is 51.8 Å². The Morgan fingerprint density at radius 2 is 0.604 bits per heavy atom. The maximum atomic E-state index is 10.6. The zero-order valence-corrected chi connectivity index (χ0v) is 39.1. The minimum Gasteiger partial charge on any atom is -0.748 e. The van der Waals surface area contributed by atoms with Crippen molar-refractivity contribution < 1.29 is 25.9 Å². The largest absolute Gasteiger partial charge is 2.00 e. The van der Waals surface area contributed by atoms with Crippen LogP contribution in [0.25, 0.3) is 0 Å². The average molecular weight is 817 g/mol. The van der Waals surface area contributed by atoms with Crippen LogP contribution < -0.4 is 0 Å². The zero-order chi connectivity index (χ0) is 39.0. The van der Waals surface area contributed by atoms with E-state index in [0.717, 1.165) is 25.9 Å². The summed E-state index contributed by atoms with van der Waals surface area (Å²) in [6.07, 6.45) is 45.5. The van der Waals surface area contributed by atoms with Crippen molar-refractivity contribution in [2.24, 2.45) is 0 Å². The minimum absolute atomic E-state index is 0. The van der Waals surface area contributed by atoms with E-state index in [9.17, 15) is 25.9 Å². The normalized spacial score (nSPS) is 12.2. The molecule has 0 N–H and O–H groups in total. The Morgan fingerprint density at radius 3 is 0.849 bits per heavy atom. The first-order valence-electron chi connectivity index (χ1n) is 21.5. The van der Waals surface area contributed by atoms with E-state index < -0.39 is 20.2 Å². The molecule has 0 radical (unpaired) electrons. The standard InChI is InChI=1S/2C21H43NO3S.Ca/c2*1-3-4-5-6-7-8-9-10-11-12-13-14-15-16-17-18-19-22(2)20-21-26(23,24)25;/h2*10-11H,3-9,12-21H2,1-2H3,(H,23,24,25);/q;;+2/p-2/b2*11-10-;. The molecule has 0 aliphatic heterocycles. The molecule has 0 atom stereocenters. The first-order chi connectivity index (χ1) is 24.9. The molecule has 0 amide bonds. The molecule has 0 bridgehead atoms. The maximum absolute atomic E-state index is 10.6. The average Bonchev–Trinajstić information content (AvgIpc) is 3.09. The van der Waals surface area contributed by atoms with Gasteiger partial charge in [0.2, 0.25) is 0 Å². The smallest absolute Gasteiger partial charge is 0.748 e. The molecular weight excluding hydrogens is 733 g/mol. The molecule has 0 unspecified atom stereocenters. The van der Waals surface area contributed by atoms with Crippen LogP contribution in [0, 0.1) is 0 Å². The van der Waals surface area contributed by atoms with E-state index in [0.29, 0.717) is 13.1 Å². The van der Waals surface area contributed by atoms with E-state index >= 15 is 0 Å². The number of hydrogen-bond donors (Lipinski definition) is 0. The van der Waals surface area contributed by atoms with Crippen LogP contribution in [0.5, 0.6) is 0 Å². The Morgan fingerprint density at radius 1 is 0.377 bits per heavy atom. The minimum atomic E-state index is -4.08. The van der Waals surface area contributed by atoms with Gasteiger partial charge >= 0.3 is 37.7 Å². The maximum Gasteiger partial charge on any atom is 2.00 e. The Kier molecular flexibility index (Phi) is 47.5. The predicted octanol–water partition coefficient (Wildman–Crippen LogP) is 10.6. The van der Waals surface area contributed by atoms with Crippen LogP contribution in [0.2, 0.25) is 0 Å². The summed E-state index contributed by atoms with van der Waals surface area (Å²) in [5.41, 5.74) is 0. The third kappa shape index (κ3) is 56.9. The van der Waals surface area contributed by atoms with E-state index in [-0.39, 0.29) is 49.2 Å². The van der Waals surface area contributed by atoms with Gasteiger partial charge < -0.3 is 18.9 Å². The number of allylic oxidation sites excluding steroid dienone is 4. The Hall–Kier alpha value is 0.480. The molecule has 312 valence electrons. The molecule has 53 heavy (non-hydrogen) atoms. The van der Waals surface area contributed by atoms with E-state index in [1.54, 1.807) is 0 Å². The third-order valence-corrected chi connectivity index (χ3v) is 10.9. The fourth-order valence-electron chi connectivity index (χ4n) is 6.02. The zero-order valence-electron chi connectivity index (χ0n) is 35.2. The van der Waals surface area contributed by atoms with Crippen LogP contribution in [0.4, 0.5) is 0 Å². The van der Waals surface area contributed by atoms with Crippen molar-refractivity contribution in [1.82, 2.24) is 9.80 Å². The van der Waals surface area contributed by atoms with Gasteiger partial charge in [0, 0.05) is 13.1 Å². The molecule has 0 saturated heterocycles. The number of rotatable bonds is 38. The Labute approximate surface area is 360 Å². The third-order valence-electron chi connectivity index (χ3n) is 9.55. The number of unbranched alkanes of at least 4 members (excludes halogenated alkanes) is 24. The fraction of sp³-hybridized carbons (Fsp3) is 0.905. The van der Waals surface area contributed by atoms with Crippen LogP contribution in [-0.2, 0) is 20.2 Å². The molecule has 0 aromatic rings. The van der Waals surface area contributed by atoms with Crippen molar-refractivity contribution in [3.8, 4) is 0 Å². The van der Waals surface area contributed by atoms with Gasteiger partial charge in [0.15, 0.2) is 0 Å². The molecule has 0 saturated carbocycles. The molecule has 0 aliphatic rings. The van der Waals surface area contributed by atoms with Crippen LogP contribution >= 0.6 is 0 Å². The van der Waals surface area contributed by atoms with Gasteiger partial charge in [0.05, 0.1) is 31.7 Å². The van der Waals surface area contributed by atoms with Crippen LogP contribution in [0.3, 0.4) is 0 Å². The summed E-state index contributed by atoms with van der Waals surface area (Å²) in [5, 5.41) is 0. The molecule has 0 fully saturated rings. The SMILES string of the molecule is CCCCCCCC/C=C\CCCCCCCCN(C)CCS(=O)(=O)[O-].CCCCCCCC/C=C\CCCCCCCCN(C)CCS(=O)(=O)[O-].[Ca+2]. The van der Waals surface area contributed by atoms with Gasteiger partial charge in [-0.2, -0.15) is 0 Å². The quantitative estimate of drug-likeness (QED) is 0.0261. The molecule has 0 heterocycles. The van der Waals surface area contributed by atoms with Crippen molar-refractivity contribution >= 4 is 58.0 Å². The molecule has 0 spiro atoms. The van der Waals surface area contributed by atoms with Crippen molar-refractivity contribution in [3.05, 3.63) is 24.3 Å². The van der Waals surface area contributed by atoms with Gasteiger partial charge in [0.1, 0.15) is 0 Å². The van der Waals surface area contributed by atoms with Gasteiger partial charge in [-0.3, -0.25) is 0 Å². The van der Waals surface area contributed by atoms with Crippen molar-refractivity contribution in [3.63, 3.8) is 0 Å². The van der Waals surface area contributed by atoms with Crippen LogP contribution in [-0.4, -0.2) is 125 Å². The second-order valence-corrected chi connectivity index (χ2v) is 18.1. The van der Waals surface area contributed by atoms with E-state index in [2.05, 4.69) is 38.2 Å². The van der Waals surface area contributed by atoms with E-state index in [4.69, 9.17) is 0 Å². The predicted molar refractivity (Wildman–Crippen MR) is 229 cm³/mol. The van der Waals surface area contributed by atoms with Gasteiger partial charge in [-0.1, -0.05) is 154 Å². The summed E-state index contributed by atoms with van der Waals surface area (Å²) in [5.74, 6) is -0.564.